The molecule has 4 aromatic carbocycles. The number of aromatic nitrogens is 20. The summed E-state index contributed by atoms with van der Waals surface area (Å²) in [4.78, 5) is 29.3. The van der Waals surface area contributed by atoms with E-state index in [1.807, 2.05) is 329 Å². The molecule has 14 rings (SSSR count). The van der Waals surface area contributed by atoms with Crippen LogP contribution in [0.25, 0.3) is 70.7 Å². The molecule has 0 N–H and O–H groups in total. The van der Waals surface area contributed by atoms with Crippen LogP contribution in [-0.4, -0.2) is 74.4 Å². The Labute approximate surface area is 623 Å². The van der Waals surface area contributed by atoms with Crippen LogP contribution in [0, 0.1) is 34.6 Å². The molecule has 0 radical (unpaired) electrons. The van der Waals surface area contributed by atoms with E-state index in [1.54, 1.807) is 57.8 Å². The van der Waals surface area contributed by atoms with E-state index in [2.05, 4.69) is 124 Å². The Bertz CT molecular complexity index is 4040. The number of benzene rings is 4. The molecule has 10 aromatic heterocycles. The van der Waals surface area contributed by atoms with Gasteiger partial charge in [-0.05, 0) is 113 Å². The van der Waals surface area contributed by atoms with Gasteiger partial charge < -0.3 is 4.42 Å². The topological polar surface area (TPSA) is 186 Å². The number of para-hydroxylation sites is 1. The number of aryl methyl sites for hydroxylation is 10. The number of furan rings is 1. The normalized spacial score (nSPS) is 9.07. The van der Waals surface area contributed by atoms with Crippen LogP contribution in [0.15, 0.2) is 183 Å². The van der Waals surface area contributed by atoms with Crippen molar-refractivity contribution in [3.05, 3.63) is 206 Å². The van der Waals surface area contributed by atoms with E-state index in [1.165, 1.54) is 44.1 Å². The van der Waals surface area contributed by atoms with Crippen molar-refractivity contribution in [2.45, 2.75) is 201 Å². The van der Waals surface area contributed by atoms with Gasteiger partial charge in [-0.1, -0.05) is 212 Å². The first-order chi connectivity index (χ1) is 50.3. The van der Waals surface area contributed by atoms with Gasteiger partial charge in [-0.15, -0.1) is 34.7 Å². The summed E-state index contributed by atoms with van der Waals surface area (Å²) in [6, 6.07) is 29.4. The average molecular weight is 1430 g/mol. The minimum Gasteiger partial charge on any atom is -0.456 e. The zero-order valence-corrected chi connectivity index (χ0v) is 70.3. The van der Waals surface area contributed by atoms with Crippen molar-refractivity contribution in [3.63, 3.8) is 0 Å². The Kier molecular flexibility index (Phi) is 54.2. The van der Waals surface area contributed by atoms with Crippen molar-refractivity contribution >= 4 is 53.4 Å². The van der Waals surface area contributed by atoms with Crippen LogP contribution in [0.2, 0.25) is 0 Å². The highest BCUT2D eigenvalue weighted by atomic mass is 32.1. The molecule has 14 aromatic rings. The number of fused-ring (bicyclic) bond motifs is 6. The molecule has 0 bridgehead atoms. The number of thiophene rings is 1. The lowest BCUT2D eigenvalue weighted by molar-refractivity contribution is -0.691. The lowest BCUT2D eigenvalue weighted by atomic mass is 10.1. The van der Waals surface area contributed by atoms with Gasteiger partial charge in [0.1, 0.15) is 23.7 Å². The van der Waals surface area contributed by atoms with Crippen LogP contribution in [0.3, 0.4) is 0 Å². The smallest absolute Gasteiger partial charge is 0.290 e. The number of hydrogen-bond donors (Lipinski definition) is 0. The summed E-state index contributed by atoms with van der Waals surface area (Å²) in [6.45, 7) is 58.1. The first-order valence-corrected chi connectivity index (χ1v) is 38.0. The maximum atomic E-state index is 5.90. The molecule has 0 atom stereocenters. The van der Waals surface area contributed by atoms with Gasteiger partial charge in [0.05, 0.1) is 52.8 Å². The van der Waals surface area contributed by atoms with E-state index < -0.39 is 0 Å². The summed E-state index contributed by atoms with van der Waals surface area (Å²) in [6.07, 6.45) is 26.8. The van der Waals surface area contributed by atoms with Crippen molar-refractivity contribution in [1.82, 2.24) is 74.4 Å². The van der Waals surface area contributed by atoms with Crippen LogP contribution >= 0.6 is 11.3 Å². The quantitative estimate of drug-likeness (QED) is 0.149. The standard InChI is InChI=1S/C16H14N3O.C16H14N3S.C9H11N4.2C8H10N5.12C2H6/c2*1-11-9-16-13(12-5-3-4-6-15(12)20-16)10-14(11)19-8-7-17-18(19)2;1-8-9(4-3-5-10-8)13-7-6-11-12(13)2;1-7-8(5-9-6-10-7)13-4-3-11-12(13)2;1-7-5-9-6-10-8(7)13-4-3-11-12(13)2;12*1-2/h2*3-10H,1-2H3;3-7H,1-2H3;2*3-6H,1-2H3;12*1-2H3/q5*+1;;;;;;;;;;;;. The molecule has 0 saturated carbocycles. The Morgan fingerprint density at radius 2 is 0.699 bits per heavy atom. The molecular weight excluding hydrogens is 1300 g/mol. The van der Waals surface area contributed by atoms with Gasteiger partial charge in [0.15, 0.2) is 60.1 Å². The van der Waals surface area contributed by atoms with E-state index in [0.717, 1.165) is 67.3 Å². The highest BCUT2D eigenvalue weighted by Gasteiger charge is 2.18. The van der Waals surface area contributed by atoms with Crippen molar-refractivity contribution < 1.29 is 27.8 Å². The van der Waals surface area contributed by atoms with Crippen LogP contribution in [-0.2, 0) is 35.2 Å². The fraction of sp³-hybridized carbons (Fsp3) is 0.420. The van der Waals surface area contributed by atoms with Crippen LogP contribution in [0.4, 0.5) is 0 Å². The molecule has 562 valence electrons. The highest BCUT2D eigenvalue weighted by Crippen LogP contribution is 2.35. The lowest BCUT2D eigenvalue weighted by Crippen LogP contribution is -2.41. The lowest BCUT2D eigenvalue weighted by Gasteiger charge is -2.03. The Morgan fingerprint density at radius 3 is 1.15 bits per heavy atom. The second-order valence-corrected chi connectivity index (χ2v) is 19.4. The van der Waals surface area contributed by atoms with E-state index in [9.17, 15) is 0 Å². The molecular formula is C81H131N20OS+5. The molecule has 0 amide bonds. The van der Waals surface area contributed by atoms with E-state index in [-0.39, 0.29) is 0 Å². The Hall–Kier alpha value is -10.1. The average Bonchev–Trinajstić information content (AvgIpc) is 1.63. The maximum absolute atomic E-state index is 5.90. The van der Waals surface area contributed by atoms with Crippen molar-refractivity contribution in [2.75, 3.05) is 0 Å². The van der Waals surface area contributed by atoms with Crippen molar-refractivity contribution in [1.29, 1.82) is 0 Å². The van der Waals surface area contributed by atoms with E-state index in [4.69, 9.17) is 4.42 Å². The number of pyridine rings is 1. The minimum atomic E-state index is 0.856. The second kappa shape index (κ2) is 57.5. The number of nitrogens with zero attached hydrogens (tertiary/aromatic N) is 20. The highest BCUT2D eigenvalue weighted by molar-refractivity contribution is 7.25. The second-order valence-electron chi connectivity index (χ2n) is 18.3. The van der Waals surface area contributed by atoms with Gasteiger partial charge in [-0.25, -0.2) is 15.0 Å². The third-order valence-corrected chi connectivity index (χ3v) is 14.2. The molecule has 0 aliphatic carbocycles. The van der Waals surface area contributed by atoms with Crippen LogP contribution in [0.5, 0.6) is 0 Å². The molecule has 22 heteroatoms. The molecule has 0 aliphatic rings. The molecule has 0 unspecified atom stereocenters. The summed E-state index contributed by atoms with van der Waals surface area (Å²) in [5, 5.41) is 25.6. The summed E-state index contributed by atoms with van der Waals surface area (Å²) in [5.74, 6) is 0.856. The molecule has 0 fully saturated rings. The Morgan fingerprint density at radius 1 is 0.311 bits per heavy atom. The summed E-state index contributed by atoms with van der Waals surface area (Å²) >= 11 is 1.85. The van der Waals surface area contributed by atoms with E-state index in [0.29, 0.717) is 0 Å². The first-order valence-electron chi connectivity index (χ1n) is 37.1. The predicted molar refractivity (Wildman–Crippen MR) is 433 cm³/mol. The Balaban J connectivity index is -0.00000114. The van der Waals surface area contributed by atoms with Gasteiger partial charge in [0.25, 0.3) is 5.82 Å². The zero-order chi connectivity index (χ0) is 79.2. The zero-order valence-electron chi connectivity index (χ0n) is 69.5. The first kappa shape index (κ1) is 97.1. The monoisotopic (exact) mass is 1430 g/mol. The number of hydrogen-bond acceptors (Lipinski definition) is 12. The molecule has 21 nitrogen and oxygen atoms in total. The maximum Gasteiger partial charge on any atom is 0.290 e. The van der Waals surface area contributed by atoms with Crippen molar-refractivity contribution in [2.24, 2.45) is 35.2 Å². The van der Waals surface area contributed by atoms with Crippen LogP contribution < -0.4 is 23.4 Å². The SMILES string of the molecule is CC.CC.CC.CC.CC.CC.CC.CC.CC.CC.CC.CC.Cc1cc2oc3ccccc3c2cc1-[n+]1ccnn1C.Cc1cc2sc3ccccc3c2cc1-[n+]1ccnn1C.Cc1cncnc1-[n+]1ccnn1C.Cc1ncccc1-[n+]1ccnn1C.Cc1ncncc1-[n+]1ccnn1C. The fourth-order valence-corrected chi connectivity index (χ4v) is 10.2. The minimum absolute atomic E-state index is 0.856. The van der Waals surface area contributed by atoms with Crippen LogP contribution in [0.1, 0.15) is 194 Å². The molecule has 0 saturated heterocycles. The van der Waals surface area contributed by atoms with Gasteiger partial charge in [0, 0.05) is 74.9 Å². The number of rotatable bonds is 5. The van der Waals surface area contributed by atoms with Gasteiger partial charge in [-0.3, -0.25) is 4.98 Å². The molecule has 0 spiro atoms. The predicted octanol–water partition coefficient (Wildman–Crippen LogP) is 18.6. The third kappa shape index (κ3) is 28.0. The molecule has 0 aliphatic heterocycles. The fourth-order valence-electron chi connectivity index (χ4n) is 9.04. The van der Waals surface area contributed by atoms with Crippen molar-refractivity contribution in [3.8, 4) is 28.6 Å². The molecule has 10 heterocycles. The largest absolute Gasteiger partial charge is 0.456 e. The van der Waals surface area contributed by atoms with Gasteiger partial charge in [-0.2, -0.15) is 0 Å². The molecule has 103 heavy (non-hydrogen) atoms. The van der Waals surface area contributed by atoms with E-state index >= 15 is 0 Å². The van der Waals surface area contributed by atoms with Gasteiger partial charge >= 0.3 is 0 Å². The summed E-state index contributed by atoms with van der Waals surface area (Å²) in [7, 11) is 9.51. The summed E-state index contributed by atoms with van der Waals surface area (Å²) in [5.41, 5.74) is 11.5. The van der Waals surface area contributed by atoms with Gasteiger partial charge in [0.2, 0.25) is 24.8 Å². The summed E-state index contributed by atoms with van der Waals surface area (Å²) < 4.78 is 18.4. The third-order valence-electron chi connectivity index (χ3n) is 13.1.